The molecule has 1 aromatic carbocycles. The largest absolute Gasteiger partial charge is 0.387 e. The fraction of sp³-hybridized carbons (Fsp3) is 0.143. The molecule has 0 fully saturated rings. The van der Waals surface area contributed by atoms with E-state index in [0.717, 1.165) is 14.3 Å². The highest BCUT2D eigenvalue weighted by molar-refractivity contribution is 7.26. The van der Waals surface area contributed by atoms with Crippen molar-refractivity contribution in [3.63, 3.8) is 0 Å². The number of nitro groups is 1. The van der Waals surface area contributed by atoms with Crippen LogP contribution in [0.2, 0.25) is 0 Å². The number of para-hydroxylation sites is 1. The first kappa shape index (κ1) is 13.2. The predicted octanol–water partition coefficient (Wildman–Crippen LogP) is 4.15. The van der Waals surface area contributed by atoms with Crippen molar-refractivity contribution in [1.82, 2.24) is 0 Å². The molecule has 3 aromatic rings. The molecule has 0 spiro atoms. The summed E-state index contributed by atoms with van der Waals surface area (Å²) in [4.78, 5) is 11.4. The molecule has 6 heteroatoms. The van der Waals surface area contributed by atoms with E-state index in [1.807, 2.05) is 17.5 Å². The second kappa shape index (κ2) is 5.32. The number of aliphatic hydroxyl groups is 1. The molecule has 0 saturated heterocycles. The quantitative estimate of drug-likeness (QED) is 0.582. The Bertz CT molecular complexity index is 734. The van der Waals surface area contributed by atoms with Crippen LogP contribution in [0.4, 0.5) is 5.69 Å². The van der Waals surface area contributed by atoms with Gasteiger partial charge in [-0.3, -0.25) is 10.1 Å². The van der Waals surface area contributed by atoms with Crippen LogP contribution < -0.4 is 0 Å². The molecule has 0 aliphatic rings. The third-order valence-electron chi connectivity index (χ3n) is 3.09. The van der Waals surface area contributed by atoms with Gasteiger partial charge in [-0.1, -0.05) is 18.2 Å². The number of nitro benzene ring substituents is 1. The van der Waals surface area contributed by atoms with Gasteiger partial charge in [0.25, 0.3) is 5.69 Å². The topological polar surface area (TPSA) is 63.4 Å². The van der Waals surface area contributed by atoms with E-state index in [0.29, 0.717) is 5.56 Å². The molecule has 0 radical (unpaired) electrons. The van der Waals surface area contributed by atoms with Crippen molar-refractivity contribution >= 4 is 37.8 Å². The third kappa shape index (κ3) is 2.45. The summed E-state index contributed by atoms with van der Waals surface area (Å²) >= 11 is 3.17. The van der Waals surface area contributed by atoms with Gasteiger partial charge in [0.05, 0.1) is 11.0 Å². The average molecular weight is 305 g/mol. The first-order valence-corrected chi connectivity index (χ1v) is 7.72. The summed E-state index contributed by atoms with van der Waals surface area (Å²) in [5.74, 6) is 0. The Kier molecular flexibility index (Phi) is 3.52. The van der Waals surface area contributed by atoms with Crippen molar-refractivity contribution in [2.45, 2.75) is 12.5 Å². The Morgan fingerprint density at radius 1 is 1.25 bits per heavy atom. The Labute approximate surface area is 123 Å². The zero-order chi connectivity index (χ0) is 14.1. The molecule has 1 N–H and O–H groups in total. The van der Waals surface area contributed by atoms with Crippen molar-refractivity contribution < 1.29 is 10.0 Å². The maximum Gasteiger partial charge on any atom is 0.272 e. The van der Waals surface area contributed by atoms with Crippen molar-refractivity contribution in [2.24, 2.45) is 0 Å². The lowest BCUT2D eigenvalue weighted by Crippen LogP contribution is -2.02. The molecule has 20 heavy (non-hydrogen) atoms. The minimum Gasteiger partial charge on any atom is -0.387 e. The molecule has 0 saturated carbocycles. The average Bonchev–Trinajstić information content (AvgIpc) is 2.99. The summed E-state index contributed by atoms with van der Waals surface area (Å²) in [7, 11) is 0. The van der Waals surface area contributed by atoms with E-state index in [2.05, 4.69) is 0 Å². The molecule has 2 heterocycles. The van der Waals surface area contributed by atoms with Gasteiger partial charge in [0.15, 0.2) is 0 Å². The lowest BCUT2D eigenvalue weighted by molar-refractivity contribution is -0.385. The second-order valence-corrected chi connectivity index (χ2v) is 6.47. The molecule has 0 amide bonds. The molecule has 1 unspecified atom stereocenters. The SMILES string of the molecule is O=[N+]([O-])c1ccccc1CC(O)c1cc2sccc2s1. The van der Waals surface area contributed by atoms with Crippen molar-refractivity contribution in [3.05, 3.63) is 62.3 Å². The van der Waals surface area contributed by atoms with Crippen LogP contribution in [0.25, 0.3) is 9.40 Å². The van der Waals surface area contributed by atoms with Crippen LogP contribution in [0.1, 0.15) is 16.5 Å². The number of thiophene rings is 2. The number of hydrogen-bond donors (Lipinski definition) is 1. The van der Waals surface area contributed by atoms with E-state index in [-0.39, 0.29) is 12.1 Å². The zero-order valence-electron chi connectivity index (χ0n) is 10.4. The van der Waals surface area contributed by atoms with Gasteiger partial charge in [0, 0.05) is 32.3 Å². The maximum absolute atomic E-state index is 11.0. The highest BCUT2D eigenvalue weighted by Crippen LogP contribution is 2.35. The third-order valence-corrected chi connectivity index (χ3v) is 5.28. The molecular formula is C14H11NO3S2. The number of aliphatic hydroxyl groups excluding tert-OH is 1. The van der Waals surface area contributed by atoms with Gasteiger partial charge in [-0.05, 0) is 17.5 Å². The highest BCUT2D eigenvalue weighted by Gasteiger charge is 2.18. The number of hydrogen-bond acceptors (Lipinski definition) is 5. The van der Waals surface area contributed by atoms with E-state index in [1.54, 1.807) is 29.5 Å². The molecular weight excluding hydrogens is 294 g/mol. The fourth-order valence-electron chi connectivity index (χ4n) is 2.12. The normalized spacial score (nSPS) is 12.7. The molecule has 0 aliphatic carbocycles. The van der Waals surface area contributed by atoms with Crippen LogP contribution in [-0.2, 0) is 6.42 Å². The molecule has 1 atom stereocenters. The summed E-state index contributed by atoms with van der Waals surface area (Å²) in [6.07, 6.45) is -0.453. The van der Waals surface area contributed by atoms with E-state index < -0.39 is 11.0 Å². The van der Waals surface area contributed by atoms with Crippen LogP contribution >= 0.6 is 22.7 Å². The van der Waals surface area contributed by atoms with Gasteiger partial charge in [0.2, 0.25) is 0 Å². The standard InChI is InChI=1S/C14H11NO3S2/c16-11(13-8-14-12(20-13)5-6-19-14)7-9-3-1-2-4-10(9)15(17)18/h1-6,8,11,16H,7H2. The van der Waals surface area contributed by atoms with Crippen LogP contribution in [0.5, 0.6) is 0 Å². The number of rotatable bonds is 4. The van der Waals surface area contributed by atoms with Crippen LogP contribution in [-0.4, -0.2) is 10.0 Å². The van der Waals surface area contributed by atoms with Gasteiger partial charge in [-0.2, -0.15) is 0 Å². The first-order valence-electron chi connectivity index (χ1n) is 6.02. The van der Waals surface area contributed by atoms with Crippen LogP contribution in [0.15, 0.2) is 41.8 Å². The van der Waals surface area contributed by atoms with Crippen molar-refractivity contribution in [1.29, 1.82) is 0 Å². The molecule has 3 rings (SSSR count). The Hall–Kier alpha value is -1.76. The monoisotopic (exact) mass is 305 g/mol. The summed E-state index contributed by atoms with van der Waals surface area (Å²) in [5.41, 5.74) is 0.617. The molecule has 2 aromatic heterocycles. The number of nitrogens with zero attached hydrogens (tertiary/aromatic N) is 1. The van der Waals surface area contributed by atoms with Crippen LogP contribution in [0, 0.1) is 10.1 Å². The van der Waals surface area contributed by atoms with E-state index in [1.165, 1.54) is 17.4 Å². The fourth-order valence-corrected chi connectivity index (χ4v) is 4.22. The molecule has 102 valence electrons. The van der Waals surface area contributed by atoms with E-state index in [9.17, 15) is 15.2 Å². The summed E-state index contributed by atoms with van der Waals surface area (Å²) in [5, 5.41) is 23.3. The summed E-state index contributed by atoms with van der Waals surface area (Å²) < 4.78 is 2.29. The lowest BCUT2D eigenvalue weighted by atomic mass is 10.1. The van der Waals surface area contributed by atoms with Crippen molar-refractivity contribution in [2.75, 3.05) is 0 Å². The summed E-state index contributed by atoms with van der Waals surface area (Å²) in [6, 6.07) is 10.5. The summed E-state index contributed by atoms with van der Waals surface area (Å²) in [6.45, 7) is 0. The van der Waals surface area contributed by atoms with E-state index in [4.69, 9.17) is 0 Å². The van der Waals surface area contributed by atoms with Gasteiger partial charge < -0.3 is 5.11 Å². The maximum atomic E-state index is 11.0. The lowest BCUT2D eigenvalue weighted by Gasteiger charge is -2.08. The van der Waals surface area contributed by atoms with E-state index >= 15 is 0 Å². The van der Waals surface area contributed by atoms with Crippen molar-refractivity contribution in [3.8, 4) is 0 Å². The van der Waals surface area contributed by atoms with Crippen LogP contribution in [0.3, 0.4) is 0 Å². The Balaban J connectivity index is 1.87. The minimum absolute atomic E-state index is 0.0601. The van der Waals surface area contributed by atoms with Gasteiger partial charge in [-0.15, -0.1) is 22.7 Å². The minimum atomic E-state index is -0.708. The smallest absolute Gasteiger partial charge is 0.272 e. The van der Waals surface area contributed by atoms with Gasteiger partial charge in [-0.25, -0.2) is 0 Å². The first-order chi connectivity index (χ1) is 9.65. The second-order valence-electron chi connectivity index (χ2n) is 4.40. The Morgan fingerprint density at radius 2 is 2.05 bits per heavy atom. The van der Waals surface area contributed by atoms with Gasteiger partial charge in [0.1, 0.15) is 0 Å². The highest BCUT2D eigenvalue weighted by atomic mass is 32.1. The Morgan fingerprint density at radius 3 is 2.80 bits per heavy atom. The zero-order valence-corrected chi connectivity index (χ0v) is 12.0. The number of benzene rings is 1. The molecule has 4 nitrogen and oxygen atoms in total. The molecule has 0 aliphatic heterocycles. The van der Waals surface area contributed by atoms with Gasteiger partial charge >= 0.3 is 0 Å². The molecule has 0 bridgehead atoms. The number of fused-ring (bicyclic) bond motifs is 1. The predicted molar refractivity (Wildman–Crippen MR) is 81.5 cm³/mol.